The van der Waals surface area contributed by atoms with E-state index in [2.05, 4.69) is 0 Å². The lowest BCUT2D eigenvalue weighted by atomic mass is 10.1. The van der Waals surface area contributed by atoms with Gasteiger partial charge in [0.15, 0.2) is 9.84 Å². The first-order valence-electron chi connectivity index (χ1n) is 6.17. The van der Waals surface area contributed by atoms with Crippen LogP contribution < -0.4 is 0 Å². The van der Waals surface area contributed by atoms with Crippen molar-refractivity contribution < 1.29 is 13.5 Å². The summed E-state index contributed by atoms with van der Waals surface area (Å²) in [6, 6.07) is 8.27. The number of sulfone groups is 1. The molecule has 1 fully saturated rings. The van der Waals surface area contributed by atoms with Crippen molar-refractivity contribution in [3.05, 3.63) is 30.3 Å². The molecule has 1 N–H and O–H groups in total. The molecule has 2 atom stereocenters. The van der Waals surface area contributed by atoms with Gasteiger partial charge in [-0.3, -0.25) is 0 Å². The smallest absolute Gasteiger partial charge is 0.180 e. The number of rotatable bonds is 4. The van der Waals surface area contributed by atoms with Crippen LogP contribution in [0.4, 0.5) is 0 Å². The average Bonchev–Trinajstić information content (AvgIpc) is 2.76. The summed E-state index contributed by atoms with van der Waals surface area (Å²) in [6.07, 6.45) is 1.06. The summed E-state index contributed by atoms with van der Waals surface area (Å²) in [7, 11) is -1.47. The van der Waals surface area contributed by atoms with Crippen LogP contribution in [-0.4, -0.2) is 49.9 Å². The molecule has 4 nitrogen and oxygen atoms in total. The Labute approximate surface area is 108 Å². The molecule has 0 unspecified atom stereocenters. The largest absolute Gasteiger partial charge is 0.390 e. The zero-order chi connectivity index (χ0) is 13.2. The van der Waals surface area contributed by atoms with E-state index in [9.17, 15) is 13.5 Å². The molecular formula is C13H19NO3S. The Kier molecular flexibility index (Phi) is 4.04. The first kappa shape index (κ1) is 13.5. The van der Waals surface area contributed by atoms with Crippen LogP contribution in [0.25, 0.3) is 0 Å². The highest BCUT2D eigenvalue weighted by Crippen LogP contribution is 2.21. The van der Waals surface area contributed by atoms with Gasteiger partial charge in [-0.2, -0.15) is 0 Å². The molecule has 18 heavy (non-hydrogen) atoms. The van der Waals surface area contributed by atoms with Crippen molar-refractivity contribution in [2.75, 3.05) is 19.3 Å². The van der Waals surface area contributed by atoms with Gasteiger partial charge >= 0.3 is 0 Å². The molecule has 1 aromatic rings. The van der Waals surface area contributed by atoms with Crippen molar-refractivity contribution in [1.82, 2.24) is 4.90 Å². The summed E-state index contributed by atoms with van der Waals surface area (Å²) in [5.41, 5.74) is 0. The maximum atomic E-state index is 12.1. The Morgan fingerprint density at radius 3 is 2.61 bits per heavy atom. The number of hydrogen-bond donors (Lipinski definition) is 1. The van der Waals surface area contributed by atoms with Crippen LogP contribution in [0.2, 0.25) is 0 Å². The fraction of sp³-hybridized carbons (Fsp3) is 0.538. The van der Waals surface area contributed by atoms with Gasteiger partial charge in [-0.15, -0.1) is 0 Å². The second-order valence-electron chi connectivity index (χ2n) is 4.85. The van der Waals surface area contributed by atoms with E-state index in [1.54, 1.807) is 30.3 Å². The van der Waals surface area contributed by atoms with E-state index in [1.165, 1.54) is 0 Å². The summed E-state index contributed by atoms with van der Waals surface area (Å²) in [5.74, 6) is -0.202. The lowest BCUT2D eigenvalue weighted by Gasteiger charge is -2.24. The zero-order valence-corrected chi connectivity index (χ0v) is 11.3. The van der Waals surface area contributed by atoms with Crippen LogP contribution in [0.1, 0.15) is 12.8 Å². The number of nitrogens with zero attached hydrogens (tertiary/aromatic N) is 1. The third-order valence-electron chi connectivity index (χ3n) is 3.51. The van der Waals surface area contributed by atoms with Crippen molar-refractivity contribution in [2.24, 2.45) is 0 Å². The monoisotopic (exact) mass is 269 g/mol. The van der Waals surface area contributed by atoms with Crippen molar-refractivity contribution in [1.29, 1.82) is 0 Å². The van der Waals surface area contributed by atoms with E-state index in [1.807, 2.05) is 11.9 Å². The molecule has 0 aromatic heterocycles. The molecule has 100 valence electrons. The number of aliphatic hydroxyl groups excluding tert-OH is 1. The molecule has 0 radical (unpaired) electrons. The first-order chi connectivity index (χ1) is 8.50. The molecular weight excluding hydrogens is 250 g/mol. The number of benzene rings is 1. The van der Waals surface area contributed by atoms with E-state index in [0.29, 0.717) is 0 Å². The van der Waals surface area contributed by atoms with E-state index >= 15 is 0 Å². The van der Waals surface area contributed by atoms with E-state index in [4.69, 9.17) is 0 Å². The Morgan fingerprint density at radius 2 is 2.06 bits per heavy atom. The maximum absolute atomic E-state index is 12.1. The molecule has 0 aliphatic carbocycles. The second kappa shape index (κ2) is 5.38. The van der Waals surface area contributed by atoms with Gasteiger partial charge in [0.1, 0.15) is 0 Å². The number of likely N-dealkylation sites (N-methyl/N-ethyl adjacent to an activating group) is 1. The average molecular weight is 269 g/mol. The molecule has 1 aliphatic rings. The third-order valence-corrected chi connectivity index (χ3v) is 5.28. The minimum absolute atomic E-state index is 0.0384. The number of aliphatic hydroxyl groups is 1. The van der Waals surface area contributed by atoms with Gasteiger partial charge in [-0.25, -0.2) is 8.42 Å². The molecule has 0 bridgehead atoms. The van der Waals surface area contributed by atoms with Crippen LogP contribution in [0.15, 0.2) is 35.2 Å². The highest BCUT2D eigenvalue weighted by atomic mass is 32.2. The fourth-order valence-electron chi connectivity index (χ4n) is 2.48. The molecule has 0 saturated carbocycles. The predicted molar refractivity (Wildman–Crippen MR) is 70.2 cm³/mol. The Balaban J connectivity index is 2.09. The quantitative estimate of drug-likeness (QED) is 0.883. The maximum Gasteiger partial charge on any atom is 0.180 e. The number of hydrogen-bond acceptors (Lipinski definition) is 4. The van der Waals surface area contributed by atoms with Crippen molar-refractivity contribution in [3.63, 3.8) is 0 Å². The molecule has 5 heteroatoms. The topological polar surface area (TPSA) is 57.6 Å². The van der Waals surface area contributed by atoms with Crippen LogP contribution in [0.3, 0.4) is 0 Å². The first-order valence-corrected chi connectivity index (χ1v) is 7.82. The van der Waals surface area contributed by atoms with E-state index in [0.717, 1.165) is 19.4 Å². The minimum Gasteiger partial charge on any atom is -0.390 e. The van der Waals surface area contributed by atoms with Gasteiger partial charge in [0.2, 0.25) is 0 Å². The van der Waals surface area contributed by atoms with Crippen LogP contribution >= 0.6 is 0 Å². The summed E-state index contributed by atoms with van der Waals surface area (Å²) in [6.45, 7) is 0.924. The van der Waals surface area contributed by atoms with Crippen LogP contribution in [0.5, 0.6) is 0 Å². The Hall–Kier alpha value is -0.910. The molecule has 1 saturated heterocycles. The van der Waals surface area contributed by atoms with Crippen molar-refractivity contribution >= 4 is 9.84 Å². The summed E-state index contributed by atoms with van der Waals surface area (Å²) >= 11 is 0. The highest BCUT2D eigenvalue weighted by molar-refractivity contribution is 7.91. The van der Waals surface area contributed by atoms with Gasteiger partial charge in [0.25, 0.3) is 0 Å². The minimum atomic E-state index is -3.40. The zero-order valence-electron chi connectivity index (χ0n) is 10.5. The van der Waals surface area contributed by atoms with Gasteiger partial charge in [-0.05, 0) is 38.6 Å². The predicted octanol–water partition coefficient (Wildman–Crippen LogP) is 0.915. The molecule has 1 aliphatic heterocycles. The molecule has 0 spiro atoms. The second-order valence-corrected chi connectivity index (χ2v) is 6.89. The molecule has 2 rings (SSSR count). The summed E-state index contributed by atoms with van der Waals surface area (Å²) in [4.78, 5) is 2.32. The van der Waals surface area contributed by atoms with E-state index < -0.39 is 15.9 Å². The van der Waals surface area contributed by atoms with Crippen molar-refractivity contribution in [3.8, 4) is 0 Å². The van der Waals surface area contributed by atoms with Crippen LogP contribution in [0, 0.1) is 0 Å². The normalized spacial score (nSPS) is 23.1. The lowest BCUT2D eigenvalue weighted by molar-refractivity contribution is 0.103. The van der Waals surface area contributed by atoms with Gasteiger partial charge in [0, 0.05) is 6.04 Å². The Bertz CT molecular complexity index is 486. The lowest BCUT2D eigenvalue weighted by Crippen LogP contribution is -2.40. The van der Waals surface area contributed by atoms with Gasteiger partial charge in [-0.1, -0.05) is 18.2 Å². The molecule has 1 heterocycles. The van der Waals surface area contributed by atoms with Crippen molar-refractivity contribution in [2.45, 2.75) is 29.9 Å². The summed E-state index contributed by atoms with van der Waals surface area (Å²) < 4.78 is 24.3. The molecule has 0 amide bonds. The van der Waals surface area contributed by atoms with Crippen LogP contribution in [-0.2, 0) is 9.84 Å². The highest BCUT2D eigenvalue weighted by Gasteiger charge is 2.31. The molecule has 1 aromatic carbocycles. The van der Waals surface area contributed by atoms with Gasteiger partial charge < -0.3 is 10.0 Å². The van der Waals surface area contributed by atoms with E-state index in [-0.39, 0.29) is 16.7 Å². The number of likely N-dealkylation sites (tertiary alicyclic amines) is 1. The SMILES string of the molecule is CN1CCC[C@H]1[C@@H](O)CS(=O)(=O)c1ccccc1. The fourth-order valence-corrected chi connectivity index (χ4v) is 3.92. The standard InChI is InChI=1S/C13H19NO3S/c1-14-9-5-8-12(14)13(15)10-18(16,17)11-6-3-2-4-7-11/h2-4,6-7,12-13,15H,5,8-10H2,1H3/t12-,13-/m0/s1. The van der Waals surface area contributed by atoms with Gasteiger partial charge in [0.05, 0.1) is 16.8 Å². The third kappa shape index (κ3) is 2.91. The Morgan fingerprint density at radius 1 is 1.39 bits per heavy atom. The summed E-state index contributed by atoms with van der Waals surface area (Å²) in [5, 5.41) is 10.1.